The number of hydrogen-bond donors (Lipinski definition) is 2. The molecule has 0 atom stereocenters. The summed E-state index contributed by atoms with van der Waals surface area (Å²) in [5, 5.41) is 3.37. The van der Waals surface area contributed by atoms with Crippen LogP contribution in [0.25, 0.3) is 11.0 Å². The molecule has 0 unspecified atom stereocenters. The van der Waals surface area contributed by atoms with E-state index in [2.05, 4.69) is 25.2 Å². The molecule has 1 aliphatic heterocycles. The zero-order valence-electron chi connectivity index (χ0n) is 10.9. The molecule has 6 heteroatoms. The maximum Gasteiger partial charge on any atom is 0.153 e. The van der Waals surface area contributed by atoms with E-state index in [0.29, 0.717) is 0 Å². The highest BCUT2D eigenvalue weighted by Gasteiger charge is 2.09. The van der Waals surface area contributed by atoms with Gasteiger partial charge in [-0.25, -0.2) is 9.97 Å². The molecule has 6 nitrogen and oxygen atoms in total. The molecule has 3 rings (SSSR count). The van der Waals surface area contributed by atoms with Crippen molar-refractivity contribution in [2.75, 3.05) is 44.7 Å². The van der Waals surface area contributed by atoms with Crippen molar-refractivity contribution in [3.63, 3.8) is 0 Å². The molecule has 2 aromatic heterocycles. The molecule has 102 valence electrons. The smallest absolute Gasteiger partial charge is 0.153 e. The second kappa shape index (κ2) is 5.99. The van der Waals surface area contributed by atoms with Gasteiger partial charge < -0.3 is 15.0 Å². The van der Waals surface area contributed by atoms with Crippen molar-refractivity contribution in [1.82, 2.24) is 19.9 Å². The molecule has 19 heavy (non-hydrogen) atoms. The van der Waals surface area contributed by atoms with Crippen molar-refractivity contribution in [3.8, 4) is 0 Å². The number of anilines is 1. The fourth-order valence-electron chi connectivity index (χ4n) is 2.34. The van der Waals surface area contributed by atoms with Crippen molar-refractivity contribution in [3.05, 3.63) is 18.6 Å². The Kier molecular flexibility index (Phi) is 3.90. The summed E-state index contributed by atoms with van der Waals surface area (Å²) in [6.07, 6.45) is 4.59. The van der Waals surface area contributed by atoms with E-state index in [1.54, 1.807) is 6.33 Å². The number of morpholine rings is 1. The number of nitrogens with one attached hydrogen (secondary N) is 2. The van der Waals surface area contributed by atoms with Crippen molar-refractivity contribution in [2.24, 2.45) is 0 Å². The number of ether oxygens (including phenoxy) is 1. The minimum Gasteiger partial charge on any atom is -0.379 e. The van der Waals surface area contributed by atoms with E-state index in [1.165, 1.54) is 0 Å². The number of aromatic amines is 1. The summed E-state index contributed by atoms with van der Waals surface area (Å²) in [4.78, 5) is 14.1. The van der Waals surface area contributed by atoms with Crippen LogP contribution in [0.5, 0.6) is 0 Å². The lowest BCUT2D eigenvalue weighted by atomic mass is 10.3. The molecule has 0 radical (unpaired) electrons. The van der Waals surface area contributed by atoms with Crippen LogP contribution in [0.3, 0.4) is 0 Å². The lowest BCUT2D eigenvalue weighted by Crippen LogP contribution is -2.37. The predicted octanol–water partition coefficient (Wildman–Crippen LogP) is 1.09. The molecule has 2 N–H and O–H groups in total. The molecule has 1 saturated heterocycles. The number of rotatable bonds is 5. The SMILES string of the molecule is c1nc(NCCCN2CCOCC2)c2[nH]ccc2n1. The van der Waals surface area contributed by atoms with Crippen LogP contribution in [0, 0.1) is 0 Å². The topological polar surface area (TPSA) is 66.1 Å². The summed E-state index contributed by atoms with van der Waals surface area (Å²) in [7, 11) is 0. The molecule has 0 aromatic carbocycles. The van der Waals surface area contributed by atoms with Crippen LogP contribution < -0.4 is 5.32 Å². The Balaban J connectivity index is 1.48. The highest BCUT2D eigenvalue weighted by atomic mass is 16.5. The van der Waals surface area contributed by atoms with Gasteiger partial charge in [-0.3, -0.25) is 4.90 Å². The Bertz CT molecular complexity index is 520. The Morgan fingerprint density at radius 2 is 2.21 bits per heavy atom. The van der Waals surface area contributed by atoms with Crippen LogP contribution in [-0.4, -0.2) is 59.2 Å². The van der Waals surface area contributed by atoms with Gasteiger partial charge in [0.05, 0.1) is 18.7 Å². The quantitative estimate of drug-likeness (QED) is 0.789. The predicted molar refractivity (Wildman–Crippen MR) is 74.3 cm³/mol. The first-order valence-corrected chi connectivity index (χ1v) is 6.75. The highest BCUT2D eigenvalue weighted by molar-refractivity contribution is 5.85. The van der Waals surface area contributed by atoms with Crippen molar-refractivity contribution >= 4 is 16.9 Å². The van der Waals surface area contributed by atoms with Crippen LogP contribution in [0.15, 0.2) is 18.6 Å². The summed E-state index contributed by atoms with van der Waals surface area (Å²) >= 11 is 0. The van der Waals surface area contributed by atoms with Gasteiger partial charge >= 0.3 is 0 Å². The van der Waals surface area contributed by atoms with E-state index < -0.39 is 0 Å². The van der Waals surface area contributed by atoms with Gasteiger partial charge in [0, 0.05) is 25.8 Å². The van der Waals surface area contributed by atoms with E-state index in [4.69, 9.17) is 4.74 Å². The average molecular weight is 261 g/mol. The monoisotopic (exact) mass is 261 g/mol. The standard InChI is InChI=1S/C13H19N5O/c1(5-18-6-8-19-9-7-18)3-15-13-12-11(2-4-14-12)16-10-17-13/h2,4,10,14H,1,3,5-9H2,(H,15,16,17). The first kappa shape index (κ1) is 12.4. The second-order valence-corrected chi connectivity index (χ2v) is 4.69. The number of fused-ring (bicyclic) bond motifs is 1. The lowest BCUT2D eigenvalue weighted by Gasteiger charge is -2.26. The van der Waals surface area contributed by atoms with Crippen LogP contribution in [-0.2, 0) is 4.74 Å². The van der Waals surface area contributed by atoms with E-state index in [1.807, 2.05) is 12.3 Å². The van der Waals surface area contributed by atoms with E-state index >= 15 is 0 Å². The molecule has 1 fully saturated rings. The molecule has 0 aliphatic carbocycles. The van der Waals surface area contributed by atoms with Crippen LogP contribution in [0.2, 0.25) is 0 Å². The Hall–Kier alpha value is -1.66. The fourth-order valence-corrected chi connectivity index (χ4v) is 2.34. The summed E-state index contributed by atoms with van der Waals surface area (Å²) in [5.74, 6) is 0.886. The van der Waals surface area contributed by atoms with Gasteiger partial charge in [0.2, 0.25) is 0 Å². The van der Waals surface area contributed by atoms with E-state index in [-0.39, 0.29) is 0 Å². The lowest BCUT2D eigenvalue weighted by molar-refractivity contribution is 0.0378. The minimum atomic E-state index is 0.864. The zero-order valence-corrected chi connectivity index (χ0v) is 10.9. The van der Waals surface area contributed by atoms with Gasteiger partial charge in [0.1, 0.15) is 11.8 Å². The molecule has 1 aliphatic rings. The molecule has 0 spiro atoms. The molecule has 3 heterocycles. The first-order valence-electron chi connectivity index (χ1n) is 6.75. The average Bonchev–Trinajstić information content (AvgIpc) is 2.94. The molecular formula is C13H19N5O. The minimum absolute atomic E-state index is 0.864. The Morgan fingerprint density at radius 3 is 3.11 bits per heavy atom. The summed E-state index contributed by atoms with van der Waals surface area (Å²) in [5.41, 5.74) is 1.93. The number of H-pyrrole nitrogens is 1. The third-order valence-corrected chi connectivity index (χ3v) is 3.39. The maximum absolute atomic E-state index is 5.34. The van der Waals surface area contributed by atoms with Crippen LogP contribution in [0.1, 0.15) is 6.42 Å². The van der Waals surface area contributed by atoms with Gasteiger partial charge in [-0.2, -0.15) is 0 Å². The van der Waals surface area contributed by atoms with Gasteiger partial charge in [0.15, 0.2) is 5.82 Å². The van der Waals surface area contributed by atoms with Gasteiger partial charge in [-0.1, -0.05) is 0 Å². The zero-order chi connectivity index (χ0) is 12.9. The third-order valence-electron chi connectivity index (χ3n) is 3.39. The molecule has 0 bridgehead atoms. The summed E-state index contributed by atoms with van der Waals surface area (Å²) < 4.78 is 5.34. The second-order valence-electron chi connectivity index (χ2n) is 4.69. The highest BCUT2D eigenvalue weighted by Crippen LogP contribution is 2.16. The fraction of sp³-hybridized carbons (Fsp3) is 0.538. The van der Waals surface area contributed by atoms with Crippen molar-refractivity contribution < 1.29 is 4.74 Å². The third kappa shape index (κ3) is 3.02. The number of aromatic nitrogens is 3. The summed E-state index contributed by atoms with van der Waals surface area (Å²) in [6, 6.07) is 1.95. The number of nitrogens with zero attached hydrogens (tertiary/aromatic N) is 3. The Labute approximate surface area is 112 Å². The van der Waals surface area contributed by atoms with Gasteiger partial charge in [-0.05, 0) is 19.0 Å². The largest absolute Gasteiger partial charge is 0.379 e. The van der Waals surface area contributed by atoms with Crippen LogP contribution >= 0.6 is 0 Å². The number of hydrogen-bond acceptors (Lipinski definition) is 5. The van der Waals surface area contributed by atoms with Crippen molar-refractivity contribution in [1.29, 1.82) is 0 Å². The van der Waals surface area contributed by atoms with Crippen LogP contribution in [0.4, 0.5) is 5.82 Å². The summed E-state index contributed by atoms with van der Waals surface area (Å²) in [6.45, 7) is 5.85. The van der Waals surface area contributed by atoms with Crippen molar-refractivity contribution in [2.45, 2.75) is 6.42 Å². The maximum atomic E-state index is 5.34. The van der Waals surface area contributed by atoms with Gasteiger partial charge in [-0.15, -0.1) is 0 Å². The van der Waals surface area contributed by atoms with E-state index in [0.717, 1.165) is 62.7 Å². The van der Waals surface area contributed by atoms with Gasteiger partial charge in [0.25, 0.3) is 0 Å². The first-order chi connectivity index (χ1) is 9.43. The molecular weight excluding hydrogens is 242 g/mol. The molecule has 0 amide bonds. The Morgan fingerprint density at radius 1 is 1.32 bits per heavy atom. The molecule has 0 saturated carbocycles. The van der Waals surface area contributed by atoms with E-state index in [9.17, 15) is 0 Å². The molecule has 2 aromatic rings. The normalized spacial score (nSPS) is 16.8.